The van der Waals surface area contributed by atoms with Gasteiger partial charge in [-0.3, -0.25) is 0 Å². The fraction of sp³-hybridized carbons (Fsp3) is 0.364. The Labute approximate surface area is 98.9 Å². The molecule has 5 heteroatoms. The quantitative estimate of drug-likeness (QED) is 0.658. The number of hydrogen-bond acceptors (Lipinski definition) is 2. The van der Waals surface area contributed by atoms with Gasteiger partial charge in [0.1, 0.15) is 0 Å². The molecule has 0 saturated carbocycles. The number of hydrogen-bond donors (Lipinski definition) is 3. The van der Waals surface area contributed by atoms with E-state index in [4.69, 9.17) is 0 Å². The van der Waals surface area contributed by atoms with Gasteiger partial charge in [0.05, 0.1) is 11.0 Å². The van der Waals surface area contributed by atoms with Crippen molar-refractivity contribution in [2.45, 2.75) is 19.3 Å². The number of fused-ring (bicyclic) bond motifs is 2. The minimum Gasteiger partial charge on any atom is -0.384 e. The molecule has 1 aliphatic heterocycles. The van der Waals surface area contributed by atoms with Crippen LogP contribution < -0.4 is 11.0 Å². The van der Waals surface area contributed by atoms with Crippen molar-refractivity contribution in [3.63, 3.8) is 0 Å². The van der Waals surface area contributed by atoms with Crippen molar-refractivity contribution in [2.75, 3.05) is 11.9 Å². The average molecular weight is 240 g/mol. The van der Waals surface area contributed by atoms with Crippen LogP contribution >= 0.6 is 12.4 Å². The lowest BCUT2D eigenvalue weighted by molar-refractivity contribution is 0.586. The van der Waals surface area contributed by atoms with E-state index < -0.39 is 0 Å². The van der Waals surface area contributed by atoms with E-state index >= 15 is 0 Å². The number of aromatic nitrogens is 2. The Balaban J connectivity index is 0.000000963. The summed E-state index contributed by atoms with van der Waals surface area (Å²) in [6.07, 6.45) is 0. The molecule has 2 aromatic rings. The predicted octanol–water partition coefficient (Wildman–Crippen LogP) is 1.98. The van der Waals surface area contributed by atoms with Gasteiger partial charge in [-0.2, -0.15) is 0 Å². The molecule has 3 N–H and O–H groups in total. The molecule has 4 nitrogen and oxygen atoms in total. The van der Waals surface area contributed by atoms with E-state index in [-0.39, 0.29) is 23.5 Å². The Morgan fingerprint density at radius 3 is 2.50 bits per heavy atom. The Kier molecular flexibility index (Phi) is 2.27. The Hall–Kier alpha value is -1.42. The monoisotopic (exact) mass is 239 g/mol. The van der Waals surface area contributed by atoms with Crippen LogP contribution in [0.1, 0.15) is 19.4 Å². The average Bonchev–Trinajstić information content (AvgIpc) is 2.64. The third-order valence-corrected chi connectivity index (χ3v) is 3.10. The summed E-state index contributed by atoms with van der Waals surface area (Å²) in [4.78, 5) is 16.7. The van der Waals surface area contributed by atoms with Gasteiger partial charge in [-0.05, 0) is 17.7 Å². The molecule has 1 aliphatic rings. The molecule has 0 fully saturated rings. The Morgan fingerprint density at radius 1 is 1.19 bits per heavy atom. The van der Waals surface area contributed by atoms with Crippen molar-refractivity contribution in [3.8, 4) is 0 Å². The van der Waals surface area contributed by atoms with Gasteiger partial charge < -0.3 is 15.3 Å². The zero-order valence-electron chi connectivity index (χ0n) is 9.18. The number of rotatable bonds is 0. The maximum atomic E-state index is 11.1. The van der Waals surface area contributed by atoms with E-state index in [1.165, 1.54) is 5.56 Å². The number of imidazole rings is 1. The summed E-state index contributed by atoms with van der Waals surface area (Å²) in [6, 6.07) is 4.06. The summed E-state index contributed by atoms with van der Waals surface area (Å²) in [7, 11) is 0. The summed E-state index contributed by atoms with van der Waals surface area (Å²) in [5.41, 5.74) is 4.14. The van der Waals surface area contributed by atoms with E-state index in [1.54, 1.807) is 0 Å². The fourth-order valence-corrected chi connectivity index (χ4v) is 2.20. The second-order valence-corrected chi connectivity index (χ2v) is 4.76. The minimum absolute atomic E-state index is 0. The normalized spacial score (nSPS) is 16.6. The summed E-state index contributed by atoms with van der Waals surface area (Å²) in [6.45, 7) is 5.34. The molecule has 0 radical (unpaired) electrons. The van der Waals surface area contributed by atoms with Crippen LogP contribution in [0, 0.1) is 0 Å². The van der Waals surface area contributed by atoms with E-state index in [9.17, 15) is 4.79 Å². The van der Waals surface area contributed by atoms with Crippen molar-refractivity contribution >= 4 is 29.1 Å². The summed E-state index contributed by atoms with van der Waals surface area (Å²) >= 11 is 0. The lowest BCUT2D eigenvalue weighted by atomic mass is 9.87. The van der Waals surface area contributed by atoms with Crippen LogP contribution in [0.5, 0.6) is 0 Å². The first-order valence-electron chi connectivity index (χ1n) is 5.07. The maximum Gasteiger partial charge on any atom is 0.323 e. The van der Waals surface area contributed by atoms with Gasteiger partial charge in [0, 0.05) is 17.6 Å². The molecular weight excluding hydrogens is 226 g/mol. The first kappa shape index (κ1) is 11.1. The van der Waals surface area contributed by atoms with Gasteiger partial charge in [-0.15, -0.1) is 12.4 Å². The van der Waals surface area contributed by atoms with Crippen molar-refractivity contribution in [3.05, 3.63) is 28.2 Å². The molecule has 0 spiro atoms. The molecule has 0 unspecified atom stereocenters. The highest BCUT2D eigenvalue weighted by Crippen LogP contribution is 2.37. The Morgan fingerprint density at radius 2 is 1.81 bits per heavy atom. The lowest BCUT2D eigenvalue weighted by Gasteiger charge is -2.16. The van der Waals surface area contributed by atoms with Gasteiger partial charge in [-0.1, -0.05) is 13.8 Å². The highest BCUT2D eigenvalue weighted by Gasteiger charge is 2.30. The van der Waals surface area contributed by atoms with Crippen molar-refractivity contribution in [1.29, 1.82) is 0 Å². The van der Waals surface area contributed by atoms with E-state index in [1.807, 2.05) is 6.07 Å². The largest absolute Gasteiger partial charge is 0.384 e. The van der Waals surface area contributed by atoms with Gasteiger partial charge >= 0.3 is 5.69 Å². The molecule has 1 aromatic carbocycles. The smallest absolute Gasteiger partial charge is 0.323 e. The highest BCUT2D eigenvalue weighted by atomic mass is 35.5. The number of nitrogens with one attached hydrogen (secondary N) is 3. The molecule has 0 amide bonds. The first-order valence-corrected chi connectivity index (χ1v) is 5.07. The van der Waals surface area contributed by atoms with Crippen LogP contribution in [0.25, 0.3) is 11.0 Å². The highest BCUT2D eigenvalue weighted by molar-refractivity contribution is 5.85. The number of H-pyrrole nitrogens is 2. The molecule has 16 heavy (non-hydrogen) atoms. The second-order valence-electron chi connectivity index (χ2n) is 4.76. The van der Waals surface area contributed by atoms with Crippen LogP contribution in [0.15, 0.2) is 16.9 Å². The standard InChI is InChI=1S/C11H13N3O.ClH/c1-11(2)5-12-7-4-9-8(3-6(7)11)13-10(15)14-9;/h3-4,12H,5H2,1-2H3,(H2,13,14,15);1H. The fourth-order valence-electron chi connectivity index (χ4n) is 2.20. The van der Waals surface area contributed by atoms with Crippen molar-refractivity contribution in [2.24, 2.45) is 0 Å². The molecular formula is C11H14ClN3O. The van der Waals surface area contributed by atoms with Crippen molar-refractivity contribution < 1.29 is 0 Å². The molecule has 1 aromatic heterocycles. The summed E-state index contributed by atoms with van der Waals surface area (Å²) in [5.74, 6) is 0. The zero-order valence-corrected chi connectivity index (χ0v) is 9.99. The SMILES string of the molecule is CC1(C)CNc2cc3[nH]c(=O)[nH]c3cc21.Cl. The summed E-state index contributed by atoms with van der Waals surface area (Å²) in [5, 5.41) is 3.36. The van der Waals surface area contributed by atoms with Crippen LogP contribution in [0.4, 0.5) is 5.69 Å². The van der Waals surface area contributed by atoms with Gasteiger partial charge in [0.2, 0.25) is 0 Å². The topological polar surface area (TPSA) is 60.7 Å². The van der Waals surface area contributed by atoms with Gasteiger partial charge in [0.25, 0.3) is 0 Å². The first-order chi connectivity index (χ1) is 7.06. The molecule has 0 bridgehead atoms. The van der Waals surface area contributed by atoms with E-state index in [2.05, 4.69) is 35.2 Å². The van der Waals surface area contributed by atoms with Crippen LogP contribution in [-0.2, 0) is 5.41 Å². The molecule has 86 valence electrons. The second kappa shape index (κ2) is 3.28. The Bertz CT molecular complexity index is 597. The third-order valence-electron chi connectivity index (χ3n) is 3.10. The maximum absolute atomic E-state index is 11.1. The number of benzene rings is 1. The van der Waals surface area contributed by atoms with Crippen LogP contribution in [0.2, 0.25) is 0 Å². The number of halogens is 1. The summed E-state index contributed by atoms with van der Waals surface area (Å²) < 4.78 is 0. The van der Waals surface area contributed by atoms with E-state index in [0.29, 0.717) is 0 Å². The number of aromatic amines is 2. The molecule has 0 aliphatic carbocycles. The van der Waals surface area contributed by atoms with Crippen LogP contribution in [-0.4, -0.2) is 16.5 Å². The van der Waals surface area contributed by atoms with Gasteiger partial charge in [0.15, 0.2) is 0 Å². The van der Waals surface area contributed by atoms with E-state index in [0.717, 1.165) is 23.3 Å². The van der Waals surface area contributed by atoms with Crippen molar-refractivity contribution in [1.82, 2.24) is 9.97 Å². The molecule has 2 heterocycles. The third kappa shape index (κ3) is 1.41. The van der Waals surface area contributed by atoms with Gasteiger partial charge in [-0.25, -0.2) is 4.79 Å². The van der Waals surface area contributed by atoms with Crippen LogP contribution in [0.3, 0.4) is 0 Å². The predicted molar refractivity (Wildman–Crippen MR) is 67.7 cm³/mol. The number of anilines is 1. The minimum atomic E-state index is -0.147. The zero-order chi connectivity index (χ0) is 10.6. The molecule has 0 atom stereocenters. The molecule has 3 rings (SSSR count). The lowest BCUT2D eigenvalue weighted by Crippen LogP contribution is -2.18. The molecule has 0 saturated heterocycles.